The summed E-state index contributed by atoms with van der Waals surface area (Å²) in [6.45, 7) is 8.49. The number of nitrogens with one attached hydrogen (secondary N) is 2. The van der Waals surface area contributed by atoms with Crippen LogP contribution in [0.3, 0.4) is 0 Å². The molecule has 0 fully saturated rings. The molecule has 3 aromatic rings. The second-order valence-corrected chi connectivity index (χ2v) is 6.55. The number of rotatable bonds is 4. The van der Waals surface area contributed by atoms with Crippen molar-refractivity contribution >= 4 is 22.7 Å². The Morgan fingerprint density at radius 1 is 0.500 bits per heavy atom. The average Bonchev–Trinajstić information content (AvgIpc) is 2.47. The second kappa shape index (κ2) is 6.79. The third-order valence-corrected chi connectivity index (χ3v) is 3.93. The molecule has 3 rings (SSSR count). The number of benzene rings is 3. The van der Waals surface area contributed by atoms with Gasteiger partial charge in [0.05, 0.1) is 11.4 Å². The molecule has 2 N–H and O–H groups in total. The highest BCUT2D eigenvalue weighted by Gasteiger charge is 2.04. The summed E-state index contributed by atoms with van der Waals surface area (Å²) in [7, 11) is 0. The molecule has 2 nitrogen and oxygen atoms in total. The molecule has 0 atom stereocenters. The minimum Gasteiger partial charge on any atom is -0.354 e. The monoisotopic (exact) mass is 316 g/mol. The number of aryl methyl sites for hydroxylation is 4. The van der Waals surface area contributed by atoms with E-state index >= 15 is 0 Å². The summed E-state index contributed by atoms with van der Waals surface area (Å²) in [4.78, 5) is 0. The lowest BCUT2D eigenvalue weighted by Gasteiger charge is -2.15. The highest BCUT2D eigenvalue weighted by atomic mass is 15.0. The Morgan fingerprint density at radius 2 is 0.833 bits per heavy atom. The molecule has 0 saturated heterocycles. The zero-order chi connectivity index (χ0) is 17.1. The lowest BCUT2D eigenvalue weighted by atomic mass is 10.1. The first-order valence-corrected chi connectivity index (χ1v) is 8.29. The van der Waals surface area contributed by atoms with E-state index in [2.05, 4.69) is 99.0 Å². The smallest absolute Gasteiger partial charge is 0.0623 e. The molecule has 2 heteroatoms. The van der Waals surface area contributed by atoms with Crippen LogP contribution in [0.2, 0.25) is 0 Å². The van der Waals surface area contributed by atoms with Crippen LogP contribution in [0.25, 0.3) is 0 Å². The van der Waals surface area contributed by atoms with Gasteiger partial charge in [0.1, 0.15) is 0 Å². The fraction of sp³-hybridized carbons (Fsp3) is 0.182. The first kappa shape index (κ1) is 16.1. The molecular formula is C22H24N2. The van der Waals surface area contributed by atoms with Gasteiger partial charge in [-0.05, 0) is 86.3 Å². The molecule has 3 aromatic carbocycles. The molecule has 122 valence electrons. The highest BCUT2D eigenvalue weighted by Crippen LogP contribution is 2.29. The minimum atomic E-state index is 1.07. The van der Waals surface area contributed by atoms with Gasteiger partial charge in [0, 0.05) is 11.4 Å². The number of hydrogen-bond acceptors (Lipinski definition) is 2. The van der Waals surface area contributed by atoms with Crippen molar-refractivity contribution in [3.05, 3.63) is 82.9 Å². The predicted molar refractivity (Wildman–Crippen MR) is 105 cm³/mol. The van der Waals surface area contributed by atoms with E-state index in [1.807, 2.05) is 0 Å². The zero-order valence-electron chi connectivity index (χ0n) is 14.8. The molecule has 0 spiro atoms. The molecule has 24 heavy (non-hydrogen) atoms. The van der Waals surface area contributed by atoms with Gasteiger partial charge < -0.3 is 10.6 Å². The van der Waals surface area contributed by atoms with E-state index in [4.69, 9.17) is 0 Å². The Kier molecular flexibility index (Phi) is 4.57. The summed E-state index contributed by atoms with van der Waals surface area (Å²) in [5, 5.41) is 7.08. The molecular weight excluding hydrogens is 292 g/mol. The molecule has 0 amide bonds. The van der Waals surface area contributed by atoms with Crippen molar-refractivity contribution in [3.8, 4) is 0 Å². The van der Waals surface area contributed by atoms with Crippen LogP contribution in [0.4, 0.5) is 22.7 Å². The molecule has 0 aliphatic heterocycles. The van der Waals surface area contributed by atoms with Crippen LogP contribution in [0.1, 0.15) is 22.3 Å². The fourth-order valence-electron chi connectivity index (χ4n) is 3.11. The number of anilines is 4. The van der Waals surface area contributed by atoms with Gasteiger partial charge in [0.15, 0.2) is 0 Å². The molecule has 0 aliphatic rings. The summed E-state index contributed by atoms with van der Waals surface area (Å²) in [5.41, 5.74) is 9.41. The van der Waals surface area contributed by atoms with Crippen LogP contribution < -0.4 is 10.6 Å². The molecule has 0 aliphatic carbocycles. The van der Waals surface area contributed by atoms with Crippen molar-refractivity contribution < 1.29 is 0 Å². The van der Waals surface area contributed by atoms with Gasteiger partial charge in [-0.1, -0.05) is 24.3 Å². The van der Waals surface area contributed by atoms with E-state index in [0.29, 0.717) is 0 Å². The van der Waals surface area contributed by atoms with E-state index in [-0.39, 0.29) is 0 Å². The maximum Gasteiger partial charge on any atom is 0.0623 e. The maximum atomic E-state index is 3.54. The topological polar surface area (TPSA) is 24.1 Å². The van der Waals surface area contributed by atoms with Gasteiger partial charge in [-0.15, -0.1) is 0 Å². The summed E-state index contributed by atoms with van der Waals surface area (Å²) in [6, 6.07) is 21.3. The third kappa shape index (κ3) is 3.96. The molecule has 0 aromatic heterocycles. The summed E-state index contributed by atoms with van der Waals surface area (Å²) in [5.74, 6) is 0. The van der Waals surface area contributed by atoms with Crippen molar-refractivity contribution in [2.45, 2.75) is 27.7 Å². The van der Waals surface area contributed by atoms with Crippen LogP contribution in [0.15, 0.2) is 60.7 Å². The summed E-state index contributed by atoms with van der Waals surface area (Å²) < 4.78 is 0. The highest BCUT2D eigenvalue weighted by molar-refractivity contribution is 5.78. The van der Waals surface area contributed by atoms with E-state index in [9.17, 15) is 0 Å². The number of hydrogen-bond donors (Lipinski definition) is 2. The van der Waals surface area contributed by atoms with Crippen LogP contribution in [-0.4, -0.2) is 0 Å². The Hall–Kier alpha value is -2.74. The first-order valence-electron chi connectivity index (χ1n) is 8.29. The summed E-state index contributed by atoms with van der Waals surface area (Å²) >= 11 is 0. The van der Waals surface area contributed by atoms with Gasteiger partial charge in [-0.2, -0.15) is 0 Å². The average molecular weight is 316 g/mol. The zero-order valence-corrected chi connectivity index (χ0v) is 14.8. The van der Waals surface area contributed by atoms with E-state index < -0.39 is 0 Å². The Bertz CT molecular complexity index is 753. The van der Waals surface area contributed by atoms with Crippen LogP contribution >= 0.6 is 0 Å². The van der Waals surface area contributed by atoms with Crippen molar-refractivity contribution in [2.24, 2.45) is 0 Å². The third-order valence-electron chi connectivity index (χ3n) is 3.93. The lowest BCUT2D eigenvalue weighted by Crippen LogP contribution is -1.98. The molecule has 0 unspecified atom stereocenters. The van der Waals surface area contributed by atoms with Crippen LogP contribution in [0.5, 0.6) is 0 Å². The van der Waals surface area contributed by atoms with Crippen molar-refractivity contribution in [2.75, 3.05) is 10.6 Å². The normalized spacial score (nSPS) is 10.5. The second-order valence-electron chi connectivity index (χ2n) is 6.55. The molecule has 0 bridgehead atoms. The van der Waals surface area contributed by atoms with E-state index in [0.717, 1.165) is 22.7 Å². The largest absolute Gasteiger partial charge is 0.354 e. The number of para-hydroxylation sites is 2. The standard InChI is InChI=1S/C22H24N2/c1-15-9-16(2)12-19(11-15)23-21-7-5-6-8-22(21)24-20-13-17(3)10-18(4)14-20/h5-14,23-24H,1-4H3. The molecule has 0 saturated carbocycles. The summed E-state index contributed by atoms with van der Waals surface area (Å²) in [6.07, 6.45) is 0. The molecule has 0 radical (unpaired) electrons. The van der Waals surface area contributed by atoms with Crippen molar-refractivity contribution in [3.63, 3.8) is 0 Å². The minimum absolute atomic E-state index is 1.07. The fourth-order valence-corrected chi connectivity index (χ4v) is 3.11. The van der Waals surface area contributed by atoms with Crippen LogP contribution in [-0.2, 0) is 0 Å². The van der Waals surface area contributed by atoms with E-state index in [1.165, 1.54) is 22.3 Å². The Labute approximate surface area is 144 Å². The van der Waals surface area contributed by atoms with Crippen molar-refractivity contribution in [1.29, 1.82) is 0 Å². The van der Waals surface area contributed by atoms with Gasteiger partial charge in [0.2, 0.25) is 0 Å². The predicted octanol–water partition coefficient (Wildman–Crippen LogP) is 6.41. The first-order chi connectivity index (χ1) is 11.5. The molecule has 0 heterocycles. The van der Waals surface area contributed by atoms with Gasteiger partial charge in [0.25, 0.3) is 0 Å². The van der Waals surface area contributed by atoms with E-state index in [1.54, 1.807) is 0 Å². The van der Waals surface area contributed by atoms with Crippen LogP contribution in [0, 0.1) is 27.7 Å². The maximum absolute atomic E-state index is 3.54. The van der Waals surface area contributed by atoms with Gasteiger partial charge >= 0.3 is 0 Å². The lowest BCUT2D eigenvalue weighted by molar-refractivity contribution is 1.36. The SMILES string of the molecule is Cc1cc(C)cc(Nc2ccccc2Nc2cc(C)cc(C)c2)c1. The van der Waals surface area contributed by atoms with Gasteiger partial charge in [-0.25, -0.2) is 0 Å². The Balaban J connectivity index is 1.90. The Morgan fingerprint density at radius 3 is 1.17 bits per heavy atom. The quantitative estimate of drug-likeness (QED) is 0.581. The van der Waals surface area contributed by atoms with Gasteiger partial charge in [-0.3, -0.25) is 0 Å². The van der Waals surface area contributed by atoms with Crippen molar-refractivity contribution in [1.82, 2.24) is 0 Å².